The van der Waals surface area contributed by atoms with Crippen LogP contribution in [-0.4, -0.2) is 22.8 Å². The molecule has 0 radical (unpaired) electrons. The summed E-state index contributed by atoms with van der Waals surface area (Å²) >= 11 is 0. The number of nitrogens with one attached hydrogen (secondary N) is 3. The molecule has 3 aromatic rings. The van der Waals surface area contributed by atoms with Gasteiger partial charge >= 0.3 is 0 Å². The number of H-pyrrole nitrogens is 1. The smallest absolute Gasteiger partial charge is 0.261 e. The molecule has 1 fully saturated rings. The Bertz CT molecular complexity index is 1140. The maximum atomic E-state index is 12.6. The van der Waals surface area contributed by atoms with E-state index in [2.05, 4.69) is 15.6 Å². The molecule has 0 bridgehead atoms. The van der Waals surface area contributed by atoms with Gasteiger partial charge in [0.25, 0.3) is 17.4 Å². The molecular weight excluding hydrogens is 394 g/mol. The molecule has 4 rings (SSSR count). The van der Waals surface area contributed by atoms with Crippen LogP contribution >= 0.6 is 0 Å². The quantitative estimate of drug-likeness (QED) is 0.575. The average molecular weight is 419 g/mol. The van der Waals surface area contributed by atoms with Gasteiger partial charge in [0.1, 0.15) is 11.3 Å². The van der Waals surface area contributed by atoms with Gasteiger partial charge in [-0.05, 0) is 67.8 Å². The number of carbonyl (C=O) groups is 2. The van der Waals surface area contributed by atoms with Gasteiger partial charge in [0.2, 0.25) is 0 Å². The van der Waals surface area contributed by atoms with Gasteiger partial charge in [0, 0.05) is 17.3 Å². The number of benzene rings is 1. The highest BCUT2D eigenvalue weighted by molar-refractivity contribution is 6.05. The standard InChI is InChI=1S/C24H25N3O4/c1-15-14-16(22(28)25-17-6-3-2-4-7-17)9-11-19(15)26-23(29)18-10-12-20(27-24(18)30)21-8-5-13-31-21/h5,8-14,17H,2-4,6-7H2,1H3,(H,25,28)(H,26,29)(H,27,30). The number of hydrogen-bond acceptors (Lipinski definition) is 4. The van der Waals surface area contributed by atoms with E-state index in [-0.39, 0.29) is 17.5 Å². The number of pyridine rings is 1. The SMILES string of the molecule is Cc1cc(C(=O)NC2CCCCC2)ccc1NC(=O)c1ccc(-c2ccco2)[nH]c1=O. The number of amides is 2. The van der Waals surface area contributed by atoms with E-state index in [1.54, 1.807) is 36.4 Å². The van der Waals surface area contributed by atoms with Crippen molar-refractivity contribution < 1.29 is 14.0 Å². The maximum absolute atomic E-state index is 12.6. The van der Waals surface area contributed by atoms with Gasteiger partial charge in [-0.1, -0.05) is 19.3 Å². The highest BCUT2D eigenvalue weighted by Crippen LogP contribution is 2.21. The Kier molecular flexibility index (Phi) is 6.02. The predicted octanol–water partition coefficient (Wildman–Crippen LogP) is 4.26. The number of hydrogen-bond donors (Lipinski definition) is 3. The van der Waals surface area contributed by atoms with Gasteiger partial charge in [-0.15, -0.1) is 0 Å². The first-order chi connectivity index (χ1) is 15.0. The van der Waals surface area contributed by atoms with Gasteiger partial charge in [-0.25, -0.2) is 0 Å². The van der Waals surface area contributed by atoms with Crippen LogP contribution in [0.25, 0.3) is 11.5 Å². The summed E-state index contributed by atoms with van der Waals surface area (Å²) in [7, 11) is 0. The van der Waals surface area contributed by atoms with Crippen LogP contribution in [0.3, 0.4) is 0 Å². The molecule has 160 valence electrons. The van der Waals surface area contributed by atoms with Crippen molar-refractivity contribution in [1.82, 2.24) is 10.3 Å². The topological polar surface area (TPSA) is 104 Å². The van der Waals surface area contributed by atoms with Crippen LogP contribution in [0, 0.1) is 6.92 Å². The fourth-order valence-corrected chi connectivity index (χ4v) is 3.88. The Morgan fingerprint density at radius 1 is 1.03 bits per heavy atom. The summed E-state index contributed by atoms with van der Waals surface area (Å²) in [6.45, 7) is 1.82. The highest BCUT2D eigenvalue weighted by Gasteiger charge is 2.18. The lowest BCUT2D eigenvalue weighted by Crippen LogP contribution is -2.36. The van der Waals surface area contributed by atoms with Crippen molar-refractivity contribution in [3.63, 3.8) is 0 Å². The van der Waals surface area contributed by atoms with Crippen molar-refractivity contribution in [3.8, 4) is 11.5 Å². The summed E-state index contributed by atoms with van der Waals surface area (Å²) in [5.41, 5.74) is 1.83. The zero-order valence-electron chi connectivity index (χ0n) is 17.4. The largest absolute Gasteiger partial charge is 0.463 e. The number of anilines is 1. The fourth-order valence-electron chi connectivity index (χ4n) is 3.88. The molecular formula is C24H25N3O4. The number of aromatic nitrogens is 1. The van der Waals surface area contributed by atoms with Gasteiger partial charge in [-0.3, -0.25) is 14.4 Å². The Balaban J connectivity index is 1.45. The van der Waals surface area contributed by atoms with Gasteiger partial charge in [0.05, 0.1) is 12.0 Å². The third-order valence-electron chi connectivity index (χ3n) is 5.62. The Labute approximate surface area is 179 Å². The molecule has 0 aliphatic heterocycles. The van der Waals surface area contributed by atoms with Crippen LogP contribution in [0.5, 0.6) is 0 Å². The normalized spacial score (nSPS) is 14.2. The van der Waals surface area contributed by atoms with Crippen LogP contribution in [0.1, 0.15) is 58.4 Å². The highest BCUT2D eigenvalue weighted by atomic mass is 16.3. The Hall–Kier alpha value is -3.61. The number of aromatic amines is 1. The van der Waals surface area contributed by atoms with Crippen molar-refractivity contribution in [2.24, 2.45) is 0 Å². The van der Waals surface area contributed by atoms with Crippen molar-refractivity contribution in [3.05, 3.63) is 75.8 Å². The lowest BCUT2D eigenvalue weighted by Gasteiger charge is -2.23. The zero-order valence-corrected chi connectivity index (χ0v) is 17.4. The second-order valence-electron chi connectivity index (χ2n) is 7.88. The van der Waals surface area contributed by atoms with E-state index < -0.39 is 11.5 Å². The molecule has 1 aliphatic rings. The van der Waals surface area contributed by atoms with Crippen LogP contribution in [0.2, 0.25) is 0 Å². The minimum atomic E-state index is -0.519. The molecule has 0 unspecified atom stereocenters. The molecule has 1 aliphatic carbocycles. The molecule has 3 N–H and O–H groups in total. The summed E-state index contributed by atoms with van der Waals surface area (Å²) < 4.78 is 5.26. The first-order valence-corrected chi connectivity index (χ1v) is 10.5. The Morgan fingerprint density at radius 2 is 1.84 bits per heavy atom. The maximum Gasteiger partial charge on any atom is 0.261 e. The number of furan rings is 1. The molecule has 0 saturated heterocycles. The average Bonchev–Trinajstić information content (AvgIpc) is 3.30. The first kappa shape index (κ1) is 20.7. The molecule has 2 aromatic heterocycles. The molecule has 1 saturated carbocycles. The summed E-state index contributed by atoms with van der Waals surface area (Å²) in [5, 5.41) is 5.85. The summed E-state index contributed by atoms with van der Waals surface area (Å²) in [6, 6.07) is 11.9. The van der Waals surface area contributed by atoms with Crippen LogP contribution in [-0.2, 0) is 0 Å². The van der Waals surface area contributed by atoms with E-state index in [0.29, 0.717) is 22.7 Å². The monoisotopic (exact) mass is 419 g/mol. The van der Waals surface area contributed by atoms with Crippen molar-refractivity contribution >= 4 is 17.5 Å². The van der Waals surface area contributed by atoms with Crippen molar-refractivity contribution in [2.75, 3.05) is 5.32 Å². The van der Waals surface area contributed by atoms with Gasteiger partial charge < -0.3 is 20.0 Å². The second-order valence-corrected chi connectivity index (χ2v) is 7.88. The number of aryl methyl sites for hydroxylation is 1. The van der Waals surface area contributed by atoms with Crippen LogP contribution < -0.4 is 16.2 Å². The fraction of sp³-hybridized carbons (Fsp3) is 0.292. The van der Waals surface area contributed by atoms with E-state index >= 15 is 0 Å². The van der Waals surface area contributed by atoms with Crippen molar-refractivity contribution in [2.45, 2.75) is 45.1 Å². The van der Waals surface area contributed by atoms with E-state index in [4.69, 9.17) is 4.42 Å². The molecule has 31 heavy (non-hydrogen) atoms. The third-order valence-corrected chi connectivity index (χ3v) is 5.62. The lowest BCUT2D eigenvalue weighted by molar-refractivity contribution is 0.0927. The van der Waals surface area contributed by atoms with E-state index in [1.165, 1.54) is 18.8 Å². The minimum Gasteiger partial charge on any atom is -0.463 e. The molecule has 0 atom stereocenters. The summed E-state index contributed by atoms with van der Waals surface area (Å²) in [4.78, 5) is 40.2. The van der Waals surface area contributed by atoms with Gasteiger partial charge in [-0.2, -0.15) is 0 Å². The molecule has 0 spiro atoms. The minimum absolute atomic E-state index is 0.00572. The second kappa shape index (κ2) is 9.04. The van der Waals surface area contributed by atoms with Crippen LogP contribution in [0.4, 0.5) is 5.69 Å². The van der Waals surface area contributed by atoms with E-state index in [0.717, 1.165) is 31.2 Å². The predicted molar refractivity (Wildman–Crippen MR) is 118 cm³/mol. The molecule has 1 aromatic carbocycles. The zero-order chi connectivity index (χ0) is 21.8. The number of carbonyl (C=O) groups excluding carboxylic acids is 2. The Morgan fingerprint density at radius 3 is 2.52 bits per heavy atom. The molecule has 2 heterocycles. The molecule has 2 amide bonds. The van der Waals surface area contributed by atoms with Crippen LogP contribution in [0.15, 0.2) is 57.9 Å². The number of rotatable bonds is 5. The van der Waals surface area contributed by atoms with Crippen molar-refractivity contribution in [1.29, 1.82) is 0 Å². The first-order valence-electron chi connectivity index (χ1n) is 10.5. The molecule has 7 nitrogen and oxygen atoms in total. The lowest BCUT2D eigenvalue weighted by atomic mass is 9.95. The molecule has 7 heteroatoms. The van der Waals surface area contributed by atoms with E-state index in [1.807, 2.05) is 6.92 Å². The summed E-state index contributed by atoms with van der Waals surface area (Å²) in [5.74, 6) is -0.102. The van der Waals surface area contributed by atoms with E-state index in [9.17, 15) is 14.4 Å². The third kappa shape index (κ3) is 4.77. The van der Waals surface area contributed by atoms with Gasteiger partial charge in [0.15, 0.2) is 0 Å². The summed E-state index contributed by atoms with van der Waals surface area (Å²) in [6.07, 6.45) is 7.08.